The van der Waals surface area contributed by atoms with Gasteiger partial charge in [0.15, 0.2) is 0 Å². The summed E-state index contributed by atoms with van der Waals surface area (Å²) in [6, 6.07) is 8.35. The van der Waals surface area contributed by atoms with E-state index in [0.717, 1.165) is 29.9 Å². The highest BCUT2D eigenvalue weighted by Gasteiger charge is 2.58. The summed E-state index contributed by atoms with van der Waals surface area (Å²) in [5.41, 5.74) is 5.98. The molecule has 0 saturated heterocycles. The smallest absolute Gasteiger partial charge is 0.376 e. The van der Waals surface area contributed by atoms with E-state index in [2.05, 4.69) is 19.3 Å². The van der Waals surface area contributed by atoms with Gasteiger partial charge in [0.2, 0.25) is 0 Å². The number of rotatable bonds is 6. The summed E-state index contributed by atoms with van der Waals surface area (Å²) in [5.74, 6) is 1.14. The van der Waals surface area contributed by atoms with Gasteiger partial charge in [-0.2, -0.15) is 0 Å². The predicted molar refractivity (Wildman–Crippen MR) is 137 cm³/mol. The molecule has 5 unspecified atom stereocenters. The van der Waals surface area contributed by atoms with Gasteiger partial charge in [-0.05, 0) is 110 Å². The van der Waals surface area contributed by atoms with E-state index in [4.69, 9.17) is 9.57 Å². The van der Waals surface area contributed by atoms with E-state index >= 15 is 0 Å². The lowest BCUT2D eigenvalue weighted by molar-refractivity contribution is -0.188. The summed E-state index contributed by atoms with van der Waals surface area (Å²) < 4.78 is 5.13. The van der Waals surface area contributed by atoms with Crippen LogP contribution in [0.15, 0.2) is 41.6 Å². The van der Waals surface area contributed by atoms with Gasteiger partial charge >= 0.3 is 18.2 Å². The topological polar surface area (TPSA) is 84.9 Å². The molecule has 0 spiro atoms. The minimum absolute atomic E-state index is 0.110. The van der Waals surface area contributed by atoms with Crippen molar-refractivity contribution in [2.75, 3.05) is 0 Å². The number of ether oxygens (including phenoxy) is 1. The molecule has 6 nitrogen and oxygen atoms in total. The molecular formula is C30H41NO5. The lowest BCUT2D eigenvalue weighted by atomic mass is 9.45. The summed E-state index contributed by atoms with van der Waals surface area (Å²) in [6.07, 6.45) is 11.3. The molecule has 5 rings (SSSR count). The minimum Gasteiger partial charge on any atom is -0.477 e. The van der Waals surface area contributed by atoms with Gasteiger partial charge in [-0.25, -0.2) is 14.4 Å². The Hall–Kier alpha value is -2.34. The second-order valence-electron chi connectivity index (χ2n) is 12.2. The number of esters is 1. The molecule has 6 heteroatoms. The van der Waals surface area contributed by atoms with Crippen LogP contribution in [-0.2, 0) is 14.4 Å². The molecule has 0 aromatic heterocycles. The van der Waals surface area contributed by atoms with Crippen LogP contribution >= 0.6 is 0 Å². The summed E-state index contributed by atoms with van der Waals surface area (Å²) in [5, 5.41) is 9.58. The molecule has 7 atom stereocenters. The van der Waals surface area contributed by atoms with Crippen LogP contribution in [0, 0.1) is 34.5 Å². The van der Waals surface area contributed by atoms with Crippen molar-refractivity contribution in [3.8, 4) is 0 Å². The number of allylic oxidation sites excluding steroid dienone is 2. The van der Waals surface area contributed by atoms with Crippen LogP contribution in [0.5, 0.6) is 0 Å². The third-order valence-electron chi connectivity index (χ3n) is 10.6. The summed E-state index contributed by atoms with van der Waals surface area (Å²) in [6.45, 7) is 6.98. The van der Waals surface area contributed by atoms with Crippen LogP contribution in [-0.4, -0.2) is 23.3 Å². The highest BCUT2D eigenvalue weighted by atomic mass is 16.8. The molecule has 4 aliphatic carbocycles. The van der Waals surface area contributed by atoms with E-state index in [-0.39, 0.29) is 11.0 Å². The quantitative estimate of drug-likeness (QED) is 0.267. The maximum atomic E-state index is 12.4. The number of carboxylic acid groups (broad SMARTS) is 1. The number of hydrogen-bond acceptors (Lipinski definition) is 5. The number of carbonyl (C=O) groups is 2. The standard InChI is InChI=1S/C30H41NO5/c1-19(31-36-28(26(32)33)35-27(34)20-9-5-4-6-10-20)23-14-15-24-22-13-12-21-11-7-8-17-29(21,2)25(22)16-18-30(23,24)3/h4-6,9-10,21-22,24-25,28,31H,7-8,11-18H2,1-3H3,(H,32,33)/t21?,22?,24?,25?,28?,29-,30+/m0/s1. The van der Waals surface area contributed by atoms with Crippen molar-refractivity contribution in [2.45, 2.75) is 91.3 Å². The van der Waals surface area contributed by atoms with Crippen molar-refractivity contribution in [2.24, 2.45) is 34.5 Å². The Morgan fingerprint density at radius 2 is 1.78 bits per heavy atom. The number of carboxylic acids is 1. The van der Waals surface area contributed by atoms with Crippen LogP contribution in [0.2, 0.25) is 0 Å². The largest absolute Gasteiger partial charge is 0.477 e. The van der Waals surface area contributed by atoms with Crippen molar-refractivity contribution in [3.63, 3.8) is 0 Å². The number of benzene rings is 1. The first-order chi connectivity index (χ1) is 17.2. The number of nitrogens with one attached hydrogen (secondary N) is 1. The van der Waals surface area contributed by atoms with Gasteiger partial charge in [0.25, 0.3) is 0 Å². The molecule has 36 heavy (non-hydrogen) atoms. The second kappa shape index (κ2) is 9.85. The summed E-state index contributed by atoms with van der Waals surface area (Å²) in [4.78, 5) is 29.5. The highest BCUT2D eigenvalue weighted by Crippen LogP contribution is 2.67. The van der Waals surface area contributed by atoms with E-state index in [1.165, 1.54) is 63.4 Å². The average Bonchev–Trinajstić information content (AvgIpc) is 3.23. The van der Waals surface area contributed by atoms with E-state index in [0.29, 0.717) is 11.3 Å². The Labute approximate surface area is 214 Å². The number of aliphatic carboxylic acids is 1. The van der Waals surface area contributed by atoms with Crippen LogP contribution < -0.4 is 5.48 Å². The lowest BCUT2D eigenvalue weighted by Gasteiger charge is -2.60. The maximum Gasteiger partial charge on any atom is 0.376 e. The Morgan fingerprint density at radius 1 is 1.00 bits per heavy atom. The zero-order valence-electron chi connectivity index (χ0n) is 21.9. The molecule has 0 bridgehead atoms. The lowest BCUT2D eigenvalue weighted by Crippen LogP contribution is -2.52. The molecule has 0 heterocycles. The molecule has 1 aromatic carbocycles. The van der Waals surface area contributed by atoms with Crippen molar-refractivity contribution < 1.29 is 24.3 Å². The minimum atomic E-state index is -1.73. The highest BCUT2D eigenvalue weighted by molar-refractivity contribution is 5.90. The van der Waals surface area contributed by atoms with Crippen molar-refractivity contribution in [3.05, 3.63) is 47.2 Å². The first kappa shape index (κ1) is 25.3. The molecule has 0 aliphatic heterocycles. The van der Waals surface area contributed by atoms with Gasteiger partial charge in [-0.3, -0.25) is 5.48 Å². The van der Waals surface area contributed by atoms with Gasteiger partial charge in [-0.1, -0.05) is 44.9 Å². The molecule has 4 fully saturated rings. The summed E-state index contributed by atoms with van der Waals surface area (Å²) >= 11 is 0. The normalized spacial score (nSPS) is 37.6. The Bertz CT molecular complexity index is 1020. The van der Waals surface area contributed by atoms with Gasteiger partial charge in [0.1, 0.15) is 0 Å². The summed E-state index contributed by atoms with van der Waals surface area (Å²) in [7, 11) is 0. The maximum absolute atomic E-state index is 12.4. The zero-order valence-corrected chi connectivity index (χ0v) is 21.9. The first-order valence-electron chi connectivity index (χ1n) is 13.8. The van der Waals surface area contributed by atoms with E-state index in [9.17, 15) is 14.7 Å². The first-order valence-corrected chi connectivity index (χ1v) is 13.8. The molecule has 0 amide bonds. The van der Waals surface area contributed by atoms with Gasteiger partial charge < -0.3 is 9.84 Å². The van der Waals surface area contributed by atoms with Crippen molar-refractivity contribution in [1.29, 1.82) is 0 Å². The van der Waals surface area contributed by atoms with Gasteiger partial charge in [0, 0.05) is 5.70 Å². The van der Waals surface area contributed by atoms with E-state index in [1.807, 2.05) is 6.92 Å². The Balaban J connectivity index is 1.28. The fourth-order valence-electron chi connectivity index (χ4n) is 8.79. The van der Waals surface area contributed by atoms with E-state index in [1.54, 1.807) is 30.3 Å². The van der Waals surface area contributed by atoms with E-state index < -0.39 is 18.2 Å². The molecular weight excluding hydrogens is 454 g/mol. The molecule has 2 N–H and O–H groups in total. The molecule has 1 aromatic rings. The van der Waals surface area contributed by atoms with Crippen LogP contribution in [0.1, 0.15) is 95.3 Å². The van der Waals surface area contributed by atoms with Crippen LogP contribution in [0.4, 0.5) is 0 Å². The van der Waals surface area contributed by atoms with Crippen LogP contribution in [0.3, 0.4) is 0 Å². The SMILES string of the molecule is CC(NOC(OC(=O)c1ccccc1)C(=O)O)=C1CCC2C3CCC4CCCC[C@]4(C)C3CC[C@]12C. The zero-order chi connectivity index (χ0) is 25.5. The molecule has 196 valence electrons. The monoisotopic (exact) mass is 495 g/mol. The number of fused-ring (bicyclic) bond motifs is 5. The van der Waals surface area contributed by atoms with Gasteiger partial charge in [-0.15, -0.1) is 0 Å². The van der Waals surface area contributed by atoms with Crippen molar-refractivity contribution in [1.82, 2.24) is 5.48 Å². The fourth-order valence-corrected chi connectivity index (χ4v) is 8.79. The third-order valence-corrected chi connectivity index (χ3v) is 10.6. The van der Waals surface area contributed by atoms with Crippen molar-refractivity contribution >= 4 is 11.9 Å². The van der Waals surface area contributed by atoms with Gasteiger partial charge in [0.05, 0.1) is 5.56 Å². The Morgan fingerprint density at radius 3 is 2.53 bits per heavy atom. The van der Waals surface area contributed by atoms with Crippen LogP contribution in [0.25, 0.3) is 0 Å². The number of carbonyl (C=O) groups excluding carboxylic acids is 1. The molecule has 0 radical (unpaired) electrons. The Kier molecular flexibility index (Phi) is 6.92. The second-order valence-corrected chi connectivity index (χ2v) is 12.2. The number of hydrogen-bond donors (Lipinski definition) is 2. The number of hydroxylamine groups is 1. The molecule has 4 aliphatic rings. The fraction of sp³-hybridized carbons (Fsp3) is 0.667. The predicted octanol–water partition coefficient (Wildman–Crippen LogP) is 6.48. The third kappa shape index (κ3) is 4.36. The molecule has 4 saturated carbocycles. The average molecular weight is 496 g/mol.